The monoisotopic (exact) mass is 421 g/mol. The number of carbonyl (C=O) groups is 2. The first kappa shape index (κ1) is 22.3. The lowest BCUT2D eigenvalue weighted by atomic mass is 10.1. The second-order valence-electron chi connectivity index (χ2n) is 7.66. The molecule has 2 aromatic rings. The number of hydrogen-bond donors (Lipinski definition) is 0. The van der Waals surface area contributed by atoms with Gasteiger partial charge in [-0.05, 0) is 56.5 Å². The van der Waals surface area contributed by atoms with E-state index in [1.54, 1.807) is 12.0 Å². The Labute approximate surface area is 182 Å². The van der Waals surface area contributed by atoms with Crippen LogP contribution >= 0.6 is 0 Å². The van der Waals surface area contributed by atoms with Crippen LogP contribution in [-0.4, -0.2) is 42.8 Å². The maximum atomic E-state index is 12.7. The van der Waals surface area contributed by atoms with Crippen molar-refractivity contribution in [1.29, 1.82) is 5.26 Å². The Kier molecular flexibility index (Phi) is 6.93. The summed E-state index contributed by atoms with van der Waals surface area (Å²) in [5.41, 5.74) is 4.48. The minimum Gasteiger partial charge on any atom is -0.451 e. The van der Waals surface area contributed by atoms with E-state index >= 15 is 0 Å². The van der Waals surface area contributed by atoms with Crippen LogP contribution in [0.25, 0.3) is 6.08 Å². The van der Waals surface area contributed by atoms with E-state index in [0.717, 1.165) is 34.6 Å². The number of benzene rings is 1. The van der Waals surface area contributed by atoms with Crippen LogP contribution in [0.5, 0.6) is 0 Å². The molecule has 0 spiro atoms. The molecule has 0 N–H and O–H groups in total. The number of nitrogens with zero attached hydrogens (tertiary/aromatic N) is 3. The number of ether oxygens (including phenoxy) is 2. The highest BCUT2D eigenvalue weighted by molar-refractivity contribution is 6.01. The predicted octanol–water partition coefficient (Wildman–Crippen LogP) is 3.18. The summed E-state index contributed by atoms with van der Waals surface area (Å²) >= 11 is 0. The second kappa shape index (κ2) is 9.63. The van der Waals surface area contributed by atoms with E-state index in [1.807, 2.05) is 57.2 Å². The molecule has 0 fully saturated rings. The molecule has 7 nitrogen and oxygen atoms in total. The number of rotatable bonds is 7. The number of para-hydroxylation sites is 1. The normalized spacial score (nSPS) is 15.5. The van der Waals surface area contributed by atoms with Crippen molar-refractivity contribution in [2.45, 2.75) is 39.8 Å². The van der Waals surface area contributed by atoms with Gasteiger partial charge in [0.05, 0.1) is 6.61 Å². The number of anilines is 1. The van der Waals surface area contributed by atoms with Crippen LogP contribution in [-0.2, 0) is 32.0 Å². The first-order valence-electron chi connectivity index (χ1n) is 10.2. The summed E-state index contributed by atoms with van der Waals surface area (Å²) in [5, 5.41) is 9.47. The fraction of sp³-hybridized carbons (Fsp3) is 0.375. The number of nitriles is 1. The third kappa shape index (κ3) is 4.70. The van der Waals surface area contributed by atoms with E-state index in [0.29, 0.717) is 13.2 Å². The molecule has 0 bridgehead atoms. The highest BCUT2D eigenvalue weighted by Gasteiger charge is 2.31. The van der Waals surface area contributed by atoms with E-state index in [1.165, 1.54) is 6.08 Å². The van der Waals surface area contributed by atoms with Gasteiger partial charge in [0.2, 0.25) is 0 Å². The van der Waals surface area contributed by atoms with Gasteiger partial charge in [-0.25, -0.2) is 4.79 Å². The molecule has 1 aromatic heterocycles. The largest absolute Gasteiger partial charge is 0.451 e. The lowest BCUT2D eigenvalue weighted by Crippen LogP contribution is -2.38. The number of hydrogen-bond acceptors (Lipinski definition) is 5. The van der Waals surface area contributed by atoms with Gasteiger partial charge < -0.3 is 18.9 Å². The molecule has 31 heavy (non-hydrogen) atoms. The second-order valence-corrected chi connectivity index (χ2v) is 7.66. The van der Waals surface area contributed by atoms with Crippen molar-refractivity contribution >= 4 is 23.6 Å². The molecule has 0 aliphatic carbocycles. The molecule has 1 aromatic carbocycles. The minimum atomic E-state index is -0.808. The first-order valence-corrected chi connectivity index (χ1v) is 10.2. The highest BCUT2D eigenvalue weighted by Crippen LogP contribution is 2.31. The topological polar surface area (TPSA) is 84.6 Å². The summed E-state index contributed by atoms with van der Waals surface area (Å²) in [6.45, 7) is 6.66. The predicted molar refractivity (Wildman–Crippen MR) is 117 cm³/mol. The molecule has 1 atom stereocenters. The molecule has 162 valence electrons. The smallest absolute Gasteiger partial charge is 0.349 e. The number of carbonyl (C=O) groups excluding carboxylic acids is 2. The minimum absolute atomic E-state index is 0.00734. The standard InChI is InChI=1S/C24H27N3O4/c1-16-11-20(18(3)26(16)9-10-30-4)13-21(14-25)24(29)31-15-23(28)27-17(2)12-19-7-5-6-8-22(19)27/h5-8,11,13,17H,9-10,12,15H2,1-4H3/b21-13+/t17-/m1/s1. The summed E-state index contributed by atoms with van der Waals surface area (Å²) < 4.78 is 12.4. The molecule has 0 radical (unpaired) electrons. The van der Waals surface area contributed by atoms with Gasteiger partial charge in [0.1, 0.15) is 11.6 Å². The third-order valence-corrected chi connectivity index (χ3v) is 5.57. The first-order chi connectivity index (χ1) is 14.9. The third-order valence-electron chi connectivity index (χ3n) is 5.57. The maximum absolute atomic E-state index is 12.7. The van der Waals surface area contributed by atoms with E-state index in [4.69, 9.17) is 9.47 Å². The Morgan fingerprint density at radius 1 is 1.29 bits per heavy atom. The van der Waals surface area contributed by atoms with Gasteiger partial charge in [-0.1, -0.05) is 18.2 Å². The lowest BCUT2D eigenvalue weighted by molar-refractivity contribution is -0.143. The summed E-state index contributed by atoms with van der Waals surface area (Å²) in [6.07, 6.45) is 2.27. The fourth-order valence-electron chi connectivity index (χ4n) is 4.01. The van der Waals surface area contributed by atoms with Crippen LogP contribution in [0.4, 0.5) is 5.69 Å². The number of esters is 1. The van der Waals surface area contributed by atoms with Crippen LogP contribution in [0, 0.1) is 25.2 Å². The summed E-state index contributed by atoms with van der Waals surface area (Å²) in [4.78, 5) is 26.9. The average Bonchev–Trinajstić information content (AvgIpc) is 3.23. The number of fused-ring (bicyclic) bond motifs is 1. The summed E-state index contributed by atoms with van der Waals surface area (Å²) in [5.74, 6) is -1.11. The molecule has 3 rings (SSSR count). The number of aryl methyl sites for hydroxylation is 1. The quantitative estimate of drug-likeness (QED) is 0.389. The molecule has 0 saturated carbocycles. The van der Waals surface area contributed by atoms with E-state index in [2.05, 4.69) is 4.57 Å². The van der Waals surface area contributed by atoms with Crippen LogP contribution in [0.2, 0.25) is 0 Å². The molecule has 7 heteroatoms. The Balaban J connectivity index is 1.70. The van der Waals surface area contributed by atoms with Crippen molar-refractivity contribution < 1.29 is 19.1 Å². The van der Waals surface area contributed by atoms with Crippen molar-refractivity contribution in [3.63, 3.8) is 0 Å². The van der Waals surface area contributed by atoms with E-state index < -0.39 is 12.6 Å². The molecular weight excluding hydrogens is 394 g/mol. The van der Waals surface area contributed by atoms with Crippen molar-refractivity contribution in [3.8, 4) is 6.07 Å². The molecule has 1 aliphatic heterocycles. The average molecular weight is 421 g/mol. The molecule has 0 saturated heterocycles. The van der Waals surface area contributed by atoms with Gasteiger partial charge in [-0.15, -0.1) is 0 Å². The Hall–Kier alpha value is -3.37. The Morgan fingerprint density at radius 3 is 2.74 bits per heavy atom. The van der Waals surface area contributed by atoms with Crippen LogP contribution in [0.15, 0.2) is 35.9 Å². The van der Waals surface area contributed by atoms with E-state index in [-0.39, 0.29) is 17.5 Å². The SMILES string of the molecule is COCCn1c(C)cc(/C=C(\C#N)C(=O)OCC(=O)N2c3ccccc3C[C@H]2C)c1C. The highest BCUT2D eigenvalue weighted by atomic mass is 16.5. The number of amides is 1. The Bertz CT molecular complexity index is 1060. The van der Waals surface area contributed by atoms with Crippen LogP contribution < -0.4 is 4.90 Å². The Morgan fingerprint density at radius 2 is 2.03 bits per heavy atom. The maximum Gasteiger partial charge on any atom is 0.349 e. The number of methoxy groups -OCH3 is 1. The van der Waals surface area contributed by atoms with Crippen LogP contribution in [0.1, 0.15) is 29.4 Å². The van der Waals surface area contributed by atoms with Gasteiger partial charge in [0.25, 0.3) is 5.91 Å². The van der Waals surface area contributed by atoms with Gasteiger partial charge in [0, 0.05) is 36.8 Å². The zero-order chi connectivity index (χ0) is 22.5. The van der Waals surface area contributed by atoms with Crippen LogP contribution in [0.3, 0.4) is 0 Å². The van der Waals surface area contributed by atoms with Gasteiger partial charge in [-0.2, -0.15) is 5.26 Å². The fourth-order valence-corrected chi connectivity index (χ4v) is 4.01. The summed E-state index contributed by atoms with van der Waals surface area (Å²) in [6, 6.07) is 11.5. The molecule has 2 heterocycles. The molecule has 1 amide bonds. The molecule has 1 aliphatic rings. The summed E-state index contributed by atoms with van der Waals surface area (Å²) in [7, 11) is 1.64. The molecule has 0 unspecified atom stereocenters. The zero-order valence-corrected chi connectivity index (χ0v) is 18.3. The van der Waals surface area contributed by atoms with Gasteiger partial charge >= 0.3 is 5.97 Å². The molecular formula is C24H27N3O4. The van der Waals surface area contributed by atoms with E-state index in [9.17, 15) is 14.9 Å². The van der Waals surface area contributed by atoms with Crippen molar-refractivity contribution in [3.05, 3.63) is 58.4 Å². The lowest BCUT2D eigenvalue weighted by Gasteiger charge is -2.22. The van der Waals surface area contributed by atoms with Crippen molar-refractivity contribution in [1.82, 2.24) is 4.57 Å². The number of aromatic nitrogens is 1. The van der Waals surface area contributed by atoms with Gasteiger partial charge in [-0.3, -0.25) is 4.79 Å². The van der Waals surface area contributed by atoms with Crippen molar-refractivity contribution in [2.24, 2.45) is 0 Å². The zero-order valence-electron chi connectivity index (χ0n) is 18.3. The van der Waals surface area contributed by atoms with Crippen molar-refractivity contribution in [2.75, 3.05) is 25.2 Å². The van der Waals surface area contributed by atoms with Gasteiger partial charge in [0.15, 0.2) is 6.61 Å².